The zero-order valence-corrected chi connectivity index (χ0v) is 11.5. The van der Waals surface area contributed by atoms with Gasteiger partial charge in [-0.05, 0) is 36.5 Å². The maximum absolute atomic E-state index is 12.9. The van der Waals surface area contributed by atoms with Gasteiger partial charge in [-0.2, -0.15) is 13.2 Å². The maximum Gasteiger partial charge on any atom is 0.416 e. The van der Waals surface area contributed by atoms with Crippen LogP contribution in [0.25, 0.3) is 0 Å². The van der Waals surface area contributed by atoms with Crippen LogP contribution in [0.5, 0.6) is 0 Å². The van der Waals surface area contributed by atoms with Crippen molar-refractivity contribution in [2.45, 2.75) is 31.5 Å². The van der Waals surface area contributed by atoms with Gasteiger partial charge in [0, 0.05) is 18.4 Å². The number of nitrogens with zero attached hydrogens (tertiary/aromatic N) is 1. The van der Waals surface area contributed by atoms with E-state index in [9.17, 15) is 13.2 Å². The van der Waals surface area contributed by atoms with E-state index in [1.807, 2.05) is 30.3 Å². The van der Waals surface area contributed by atoms with Crippen molar-refractivity contribution >= 4 is 0 Å². The third kappa shape index (κ3) is 4.29. The summed E-state index contributed by atoms with van der Waals surface area (Å²) in [4.78, 5) is 3.77. The van der Waals surface area contributed by atoms with Gasteiger partial charge in [0.25, 0.3) is 0 Å². The van der Waals surface area contributed by atoms with E-state index in [2.05, 4.69) is 4.98 Å². The molecular weight excluding hydrogens is 277 g/mol. The number of pyridine rings is 1. The van der Waals surface area contributed by atoms with Crippen molar-refractivity contribution in [3.05, 3.63) is 65.5 Å². The van der Waals surface area contributed by atoms with Gasteiger partial charge in [-0.3, -0.25) is 4.98 Å². The summed E-state index contributed by atoms with van der Waals surface area (Å²) in [6, 6.07) is 10.1. The lowest BCUT2D eigenvalue weighted by molar-refractivity contribution is -0.138. The lowest BCUT2D eigenvalue weighted by atomic mass is 9.97. The first-order valence-electron chi connectivity index (χ1n) is 6.79. The Balaban J connectivity index is 1.99. The van der Waals surface area contributed by atoms with Crippen molar-refractivity contribution in [2.75, 3.05) is 0 Å². The molecule has 1 unspecified atom stereocenters. The fraction of sp³-hybridized carbons (Fsp3) is 0.312. The van der Waals surface area contributed by atoms with E-state index in [-0.39, 0.29) is 5.56 Å². The fourth-order valence-corrected chi connectivity index (χ4v) is 2.29. The molecule has 0 bridgehead atoms. The van der Waals surface area contributed by atoms with E-state index in [0.29, 0.717) is 6.42 Å². The molecule has 1 aromatic carbocycles. The Morgan fingerprint density at radius 2 is 1.81 bits per heavy atom. The molecule has 112 valence electrons. The van der Waals surface area contributed by atoms with Gasteiger partial charge in [0.05, 0.1) is 5.56 Å². The second-order valence-electron chi connectivity index (χ2n) is 4.95. The second kappa shape index (κ2) is 6.72. The van der Waals surface area contributed by atoms with Crippen molar-refractivity contribution < 1.29 is 13.2 Å². The SMILES string of the molecule is NC(CCCc1ccccc1)c1cnccc1C(F)(F)F. The zero-order chi connectivity index (χ0) is 15.3. The Bertz CT molecular complexity index is 567. The fourth-order valence-electron chi connectivity index (χ4n) is 2.29. The molecule has 2 N–H and O–H groups in total. The van der Waals surface area contributed by atoms with Gasteiger partial charge in [0.15, 0.2) is 0 Å². The molecule has 2 rings (SSSR count). The van der Waals surface area contributed by atoms with Crippen LogP contribution in [0.4, 0.5) is 13.2 Å². The normalized spacial score (nSPS) is 13.1. The summed E-state index contributed by atoms with van der Waals surface area (Å²) in [6.07, 6.45) is -0.00840. The Labute approximate surface area is 121 Å². The molecule has 0 amide bonds. The minimum atomic E-state index is -4.39. The van der Waals surface area contributed by atoms with Gasteiger partial charge in [-0.25, -0.2) is 0 Å². The molecule has 5 heteroatoms. The summed E-state index contributed by atoms with van der Waals surface area (Å²) in [7, 11) is 0. The van der Waals surface area contributed by atoms with Crippen LogP contribution in [0.3, 0.4) is 0 Å². The zero-order valence-electron chi connectivity index (χ0n) is 11.5. The Hall–Kier alpha value is -1.88. The number of aromatic nitrogens is 1. The van der Waals surface area contributed by atoms with Crippen molar-refractivity contribution in [2.24, 2.45) is 5.73 Å². The number of benzene rings is 1. The van der Waals surface area contributed by atoms with E-state index in [1.54, 1.807) is 0 Å². The predicted octanol–water partition coefficient (Wildman–Crippen LogP) is 4.12. The number of rotatable bonds is 5. The average Bonchev–Trinajstić information content (AvgIpc) is 2.47. The quantitative estimate of drug-likeness (QED) is 0.900. The molecule has 0 saturated heterocycles. The third-order valence-electron chi connectivity index (χ3n) is 3.38. The Kier molecular flexibility index (Phi) is 4.96. The first-order valence-corrected chi connectivity index (χ1v) is 6.79. The molecule has 0 saturated carbocycles. The van der Waals surface area contributed by atoms with Gasteiger partial charge in [0.1, 0.15) is 0 Å². The topological polar surface area (TPSA) is 38.9 Å². The van der Waals surface area contributed by atoms with Gasteiger partial charge in [-0.15, -0.1) is 0 Å². The van der Waals surface area contributed by atoms with Crippen LogP contribution in [-0.4, -0.2) is 4.98 Å². The molecule has 21 heavy (non-hydrogen) atoms. The minimum absolute atomic E-state index is 0.0676. The van der Waals surface area contributed by atoms with Crippen LogP contribution in [-0.2, 0) is 12.6 Å². The molecule has 0 aliphatic rings. The van der Waals surface area contributed by atoms with Crippen LogP contribution < -0.4 is 5.73 Å². The summed E-state index contributed by atoms with van der Waals surface area (Å²) >= 11 is 0. The molecule has 0 spiro atoms. The standard InChI is InChI=1S/C16H17F3N2/c17-16(18,19)14-9-10-21-11-13(14)15(20)8-4-7-12-5-2-1-3-6-12/h1-3,5-6,9-11,15H,4,7-8,20H2. The number of nitrogens with two attached hydrogens (primary N) is 1. The highest BCUT2D eigenvalue weighted by atomic mass is 19.4. The highest BCUT2D eigenvalue weighted by Gasteiger charge is 2.34. The monoisotopic (exact) mass is 294 g/mol. The van der Waals surface area contributed by atoms with Crippen LogP contribution in [0.2, 0.25) is 0 Å². The van der Waals surface area contributed by atoms with Gasteiger partial charge in [0.2, 0.25) is 0 Å². The Morgan fingerprint density at radius 3 is 2.48 bits per heavy atom. The van der Waals surface area contributed by atoms with Crippen LogP contribution in [0, 0.1) is 0 Å². The highest BCUT2D eigenvalue weighted by molar-refractivity contribution is 5.29. The van der Waals surface area contributed by atoms with Crippen LogP contribution >= 0.6 is 0 Å². The maximum atomic E-state index is 12.9. The molecule has 1 aromatic heterocycles. The highest BCUT2D eigenvalue weighted by Crippen LogP contribution is 2.34. The molecule has 2 nitrogen and oxygen atoms in total. The lowest BCUT2D eigenvalue weighted by Crippen LogP contribution is -2.18. The number of aryl methyl sites for hydroxylation is 1. The molecule has 1 atom stereocenters. The van der Waals surface area contributed by atoms with E-state index >= 15 is 0 Å². The summed E-state index contributed by atoms with van der Waals surface area (Å²) in [5.74, 6) is 0. The molecule has 0 fully saturated rings. The third-order valence-corrected chi connectivity index (χ3v) is 3.38. The average molecular weight is 294 g/mol. The summed E-state index contributed by atoms with van der Waals surface area (Å²) in [5.41, 5.74) is 6.45. The van der Waals surface area contributed by atoms with Crippen molar-refractivity contribution in [3.63, 3.8) is 0 Å². The largest absolute Gasteiger partial charge is 0.416 e. The van der Waals surface area contributed by atoms with E-state index in [1.165, 1.54) is 6.20 Å². The van der Waals surface area contributed by atoms with Gasteiger partial charge < -0.3 is 5.73 Å². The van der Waals surface area contributed by atoms with Gasteiger partial charge >= 0.3 is 6.18 Å². The number of alkyl halides is 3. The Morgan fingerprint density at radius 1 is 1.10 bits per heavy atom. The van der Waals surface area contributed by atoms with Crippen molar-refractivity contribution in [1.29, 1.82) is 0 Å². The summed E-state index contributed by atoms with van der Waals surface area (Å²) < 4.78 is 38.7. The minimum Gasteiger partial charge on any atom is -0.324 e. The first kappa shape index (κ1) is 15.5. The van der Waals surface area contributed by atoms with E-state index in [0.717, 1.165) is 30.7 Å². The smallest absolute Gasteiger partial charge is 0.324 e. The van der Waals surface area contributed by atoms with E-state index in [4.69, 9.17) is 5.73 Å². The first-order chi connectivity index (χ1) is 9.98. The summed E-state index contributed by atoms with van der Waals surface area (Å²) in [5, 5.41) is 0. The molecule has 0 aliphatic carbocycles. The lowest BCUT2D eigenvalue weighted by Gasteiger charge is -2.17. The number of hydrogen-bond acceptors (Lipinski definition) is 2. The van der Waals surface area contributed by atoms with Gasteiger partial charge in [-0.1, -0.05) is 30.3 Å². The number of hydrogen-bond donors (Lipinski definition) is 1. The second-order valence-corrected chi connectivity index (χ2v) is 4.95. The van der Waals surface area contributed by atoms with E-state index < -0.39 is 17.8 Å². The molecule has 0 aliphatic heterocycles. The number of halogens is 3. The molecule has 0 radical (unpaired) electrons. The summed E-state index contributed by atoms with van der Waals surface area (Å²) in [6.45, 7) is 0. The van der Waals surface area contributed by atoms with Crippen molar-refractivity contribution in [3.8, 4) is 0 Å². The van der Waals surface area contributed by atoms with Crippen LogP contribution in [0.15, 0.2) is 48.8 Å². The molecule has 2 aromatic rings. The van der Waals surface area contributed by atoms with Crippen LogP contribution in [0.1, 0.15) is 35.6 Å². The van der Waals surface area contributed by atoms with Crippen molar-refractivity contribution in [1.82, 2.24) is 4.98 Å². The predicted molar refractivity (Wildman–Crippen MR) is 75.5 cm³/mol. The molecular formula is C16H17F3N2. The molecule has 1 heterocycles.